The Hall–Kier alpha value is -0.790. The zero-order chi connectivity index (χ0) is 11.3. The molecule has 0 aliphatic rings. The molecule has 0 radical (unpaired) electrons. The first-order chi connectivity index (χ1) is 6.36. The lowest BCUT2D eigenvalue weighted by Gasteiger charge is -2.24. The van der Waals surface area contributed by atoms with Crippen molar-refractivity contribution in [2.24, 2.45) is 11.8 Å². The minimum Gasteiger partial charge on any atom is -0.317 e. The van der Waals surface area contributed by atoms with Crippen LogP contribution in [0, 0.1) is 11.8 Å². The van der Waals surface area contributed by atoms with Crippen LogP contribution in [0.2, 0.25) is 0 Å². The molecule has 0 aromatic heterocycles. The van der Waals surface area contributed by atoms with Crippen molar-refractivity contribution in [1.82, 2.24) is 4.90 Å². The highest BCUT2D eigenvalue weighted by atomic mass is 16.2. The molecule has 0 aliphatic heterocycles. The molecule has 0 aromatic carbocycles. The molecule has 1 amide bonds. The van der Waals surface area contributed by atoms with Crippen LogP contribution in [0.15, 0.2) is 12.3 Å². The third-order valence-electron chi connectivity index (χ3n) is 1.94. The molecule has 0 rings (SSSR count). The number of carbonyl (C=O) groups excluding carboxylic acids is 1. The maximum Gasteiger partial charge on any atom is 0.229 e. The number of allylic oxidation sites excluding steroid dienone is 1. The number of rotatable bonds is 4. The first-order valence-electron chi connectivity index (χ1n) is 5.36. The predicted octanol–water partition coefficient (Wildman–Crippen LogP) is 3.05. The summed E-state index contributed by atoms with van der Waals surface area (Å²) in [5.74, 6) is 0.738. The molecule has 82 valence electrons. The lowest BCUT2D eigenvalue weighted by molar-refractivity contribution is -0.133. The van der Waals surface area contributed by atoms with Crippen LogP contribution in [0.1, 0.15) is 41.5 Å². The zero-order valence-electron chi connectivity index (χ0n) is 10.2. The van der Waals surface area contributed by atoms with Crippen molar-refractivity contribution in [3.05, 3.63) is 12.3 Å². The van der Waals surface area contributed by atoms with E-state index in [0.29, 0.717) is 5.92 Å². The third-order valence-corrected chi connectivity index (χ3v) is 1.94. The topological polar surface area (TPSA) is 20.3 Å². The van der Waals surface area contributed by atoms with E-state index in [0.717, 1.165) is 0 Å². The molecule has 0 fully saturated rings. The molecule has 0 spiro atoms. The summed E-state index contributed by atoms with van der Waals surface area (Å²) >= 11 is 0. The van der Waals surface area contributed by atoms with Crippen LogP contribution in [-0.4, -0.2) is 16.8 Å². The van der Waals surface area contributed by atoms with Gasteiger partial charge in [-0.1, -0.05) is 33.8 Å². The summed E-state index contributed by atoms with van der Waals surface area (Å²) in [4.78, 5) is 13.6. The molecule has 2 heteroatoms. The monoisotopic (exact) mass is 197 g/mol. The normalized spacial score (nSPS) is 12.1. The second kappa shape index (κ2) is 5.84. The second-order valence-electron chi connectivity index (χ2n) is 4.58. The van der Waals surface area contributed by atoms with Gasteiger partial charge in [-0.05, 0) is 19.8 Å². The van der Waals surface area contributed by atoms with Crippen LogP contribution in [0.5, 0.6) is 0 Å². The highest BCUT2D eigenvalue weighted by Crippen LogP contribution is 2.08. The van der Waals surface area contributed by atoms with Crippen LogP contribution in [0.4, 0.5) is 0 Å². The quantitative estimate of drug-likeness (QED) is 0.678. The lowest BCUT2D eigenvalue weighted by atomic mass is 10.1. The number of amides is 1. The summed E-state index contributed by atoms with van der Waals surface area (Å²) < 4.78 is 0. The molecule has 0 bridgehead atoms. The molecule has 0 atom stereocenters. The molecule has 2 nitrogen and oxygen atoms in total. The maximum absolute atomic E-state index is 11.8. The number of carbonyl (C=O) groups is 1. The Morgan fingerprint density at radius 2 is 1.57 bits per heavy atom. The van der Waals surface area contributed by atoms with Crippen molar-refractivity contribution >= 4 is 5.91 Å². The van der Waals surface area contributed by atoms with Crippen molar-refractivity contribution in [2.45, 2.75) is 47.6 Å². The summed E-state index contributed by atoms with van der Waals surface area (Å²) in [5.41, 5.74) is 0. The van der Waals surface area contributed by atoms with E-state index in [1.807, 2.05) is 38.8 Å². The zero-order valence-corrected chi connectivity index (χ0v) is 10.2. The summed E-state index contributed by atoms with van der Waals surface area (Å²) in [7, 11) is 0. The van der Waals surface area contributed by atoms with E-state index < -0.39 is 0 Å². The molecule has 14 heavy (non-hydrogen) atoms. The maximum atomic E-state index is 11.8. The largest absolute Gasteiger partial charge is 0.317 e. The standard InChI is InChI=1S/C12H23NO/c1-9(2)7-8-13(11(5)6)12(14)10(3)4/h7-11H,1-6H3/b8-7-. The van der Waals surface area contributed by atoms with Crippen LogP contribution in [-0.2, 0) is 4.79 Å². The molecule has 0 aromatic rings. The molecule has 0 saturated heterocycles. The Morgan fingerprint density at radius 1 is 1.07 bits per heavy atom. The fourth-order valence-electron chi connectivity index (χ4n) is 1.06. The van der Waals surface area contributed by atoms with Gasteiger partial charge in [0.1, 0.15) is 0 Å². The summed E-state index contributed by atoms with van der Waals surface area (Å²) in [6.07, 6.45) is 3.97. The second-order valence-corrected chi connectivity index (χ2v) is 4.58. The van der Waals surface area contributed by atoms with Crippen molar-refractivity contribution in [3.63, 3.8) is 0 Å². The van der Waals surface area contributed by atoms with Gasteiger partial charge in [0.05, 0.1) is 0 Å². The van der Waals surface area contributed by atoms with E-state index in [9.17, 15) is 4.79 Å². The summed E-state index contributed by atoms with van der Waals surface area (Å²) in [6.45, 7) is 12.1. The van der Waals surface area contributed by atoms with Gasteiger partial charge in [0.2, 0.25) is 5.91 Å². The first-order valence-corrected chi connectivity index (χ1v) is 5.36. The fraction of sp³-hybridized carbons (Fsp3) is 0.750. The van der Waals surface area contributed by atoms with Crippen LogP contribution in [0.25, 0.3) is 0 Å². The Morgan fingerprint density at radius 3 is 1.86 bits per heavy atom. The Labute approximate surface area is 88.0 Å². The number of nitrogens with zero attached hydrogens (tertiary/aromatic N) is 1. The average molecular weight is 197 g/mol. The Bertz CT molecular complexity index is 204. The lowest BCUT2D eigenvalue weighted by Crippen LogP contribution is -2.35. The highest BCUT2D eigenvalue weighted by molar-refractivity contribution is 5.79. The van der Waals surface area contributed by atoms with Crippen LogP contribution < -0.4 is 0 Å². The molecular weight excluding hydrogens is 174 g/mol. The van der Waals surface area contributed by atoms with Gasteiger partial charge in [0, 0.05) is 18.2 Å². The van der Waals surface area contributed by atoms with Gasteiger partial charge in [-0.3, -0.25) is 4.79 Å². The van der Waals surface area contributed by atoms with Crippen molar-refractivity contribution in [3.8, 4) is 0 Å². The smallest absolute Gasteiger partial charge is 0.229 e. The van der Waals surface area contributed by atoms with Crippen LogP contribution >= 0.6 is 0 Å². The third kappa shape index (κ3) is 4.45. The fourth-order valence-corrected chi connectivity index (χ4v) is 1.06. The van der Waals surface area contributed by atoms with E-state index in [1.54, 1.807) is 0 Å². The minimum absolute atomic E-state index is 0.0641. The number of hydrogen-bond donors (Lipinski definition) is 0. The molecular formula is C12H23NO. The molecule has 0 aliphatic carbocycles. The molecule has 0 saturated carbocycles. The SMILES string of the molecule is CC(C)/C=C\N(C(=O)C(C)C)C(C)C. The summed E-state index contributed by atoms with van der Waals surface area (Å²) in [5, 5.41) is 0. The molecule has 0 unspecified atom stereocenters. The van der Waals surface area contributed by atoms with E-state index in [4.69, 9.17) is 0 Å². The van der Waals surface area contributed by atoms with Gasteiger partial charge in [0.15, 0.2) is 0 Å². The van der Waals surface area contributed by atoms with E-state index in [1.165, 1.54) is 0 Å². The Balaban J connectivity index is 4.53. The van der Waals surface area contributed by atoms with E-state index in [2.05, 4.69) is 19.9 Å². The average Bonchev–Trinajstić information content (AvgIpc) is 2.02. The highest BCUT2D eigenvalue weighted by Gasteiger charge is 2.17. The number of hydrogen-bond acceptors (Lipinski definition) is 1. The summed E-state index contributed by atoms with van der Waals surface area (Å²) in [6, 6.07) is 0.236. The van der Waals surface area contributed by atoms with Crippen molar-refractivity contribution in [1.29, 1.82) is 0 Å². The predicted molar refractivity (Wildman–Crippen MR) is 60.8 cm³/mol. The van der Waals surface area contributed by atoms with Gasteiger partial charge >= 0.3 is 0 Å². The molecule has 0 N–H and O–H groups in total. The van der Waals surface area contributed by atoms with Crippen LogP contribution in [0.3, 0.4) is 0 Å². The van der Waals surface area contributed by atoms with Crippen molar-refractivity contribution < 1.29 is 4.79 Å². The van der Waals surface area contributed by atoms with Gasteiger partial charge < -0.3 is 4.90 Å². The van der Waals surface area contributed by atoms with Gasteiger partial charge in [0.25, 0.3) is 0 Å². The molecule has 0 heterocycles. The Kier molecular flexibility index (Phi) is 5.51. The first kappa shape index (κ1) is 13.2. The van der Waals surface area contributed by atoms with E-state index in [-0.39, 0.29) is 17.9 Å². The van der Waals surface area contributed by atoms with Crippen molar-refractivity contribution in [2.75, 3.05) is 0 Å². The van der Waals surface area contributed by atoms with Gasteiger partial charge in [-0.25, -0.2) is 0 Å². The minimum atomic E-state index is 0.0641. The van der Waals surface area contributed by atoms with Gasteiger partial charge in [-0.15, -0.1) is 0 Å². The van der Waals surface area contributed by atoms with E-state index >= 15 is 0 Å². The van der Waals surface area contributed by atoms with Gasteiger partial charge in [-0.2, -0.15) is 0 Å².